The van der Waals surface area contributed by atoms with Crippen molar-refractivity contribution in [1.29, 1.82) is 0 Å². The average Bonchev–Trinajstić information content (AvgIpc) is 3.22. The summed E-state index contributed by atoms with van der Waals surface area (Å²) < 4.78 is 14.0. The second kappa shape index (κ2) is 11.1. The maximum atomic E-state index is 14.0. The number of anilines is 1. The highest BCUT2D eigenvalue weighted by Gasteiger charge is 2.25. The number of benzene rings is 1. The molecular formula is C22H29FN6O2. The zero-order valence-electron chi connectivity index (χ0n) is 17.6. The SMILES string of the molecule is CCNC(=NCCCNC(=O)c1cccc(O)c1)NC1CCN(c2ncccc2F)C1. The smallest absolute Gasteiger partial charge is 0.251 e. The minimum atomic E-state index is -0.309. The van der Waals surface area contributed by atoms with Crippen LogP contribution in [0.3, 0.4) is 0 Å². The number of aliphatic imine (C=N–C) groups is 1. The molecule has 166 valence electrons. The van der Waals surface area contributed by atoms with Crippen molar-refractivity contribution in [1.82, 2.24) is 20.9 Å². The molecule has 1 aromatic heterocycles. The number of halogens is 1. The fourth-order valence-corrected chi connectivity index (χ4v) is 3.41. The number of hydrogen-bond donors (Lipinski definition) is 4. The molecule has 0 bridgehead atoms. The first-order valence-electron chi connectivity index (χ1n) is 10.5. The van der Waals surface area contributed by atoms with Crippen molar-refractivity contribution in [3.63, 3.8) is 0 Å². The van der Waals surface area contributed by atoms with Crippen LogP contribution in [-0.4, -0.2) is 60.7 Å². The number of hydrogen-bond acceptors (Lipinski definition) is 5. The molecule has 1 saturated heterocycles. The van der Waals surface area contributed by atoms with Gasteiger partial charge < -0.3 is 26.0 Å². The highest BCUT2D eigenvalue weighted by molar-refractivity contribution is 5.94. The highest BCUT2D eigenvalue weighted by Crippen LogP contribution is 2.20. The molecule has 2 heterocycles. The summed E-state index contributed by atoms with van der Waals surface area (Å²) in [5, 5.41) is 18.9. The van der Waals surface area contributed by atoms with Crippen LogP contribution in [0.5, 0.6) is 5.75 Å². The van der Waals surface area contributed by atoms with Gasteiger partial charge in [0.15, 0.2) is 17.6 Å². The predicted octanol–water partition coefficient (Wildman–Crippen LogP) is 1.88. The molecule has 9 heteroatoms. The number of aromatic hydroxyl groups is 1. The predicted molar refractivity (Wildman–Crippen MR) is 119 cm³/mol. The Bertz CT molecular complexity index is 907. The van der Waals surface area contributed by atoms with E-state index in [1.807, 2.05) is 11.8 Å². The van der Waals surface area contributed by atoms with Gasteiger partial charge in [0.2, 0.25) is 0 Å². The van der Waals surface area contributed by atoms with Gasteiger partial charge in [-0.2, -0.15) is 0 Å². The number of phenols is 1. The summed E-state index contributed by atoms with van der Waals surface area (Å²) in [4.78, 5) is 22.7. The van der Waals surface area contributed by atoms with E-state index in [1.54, 1.807) is 24.4 Å². The first kappa shape index (κ1) is 22.3. The third-order valence-corrected chi connectivity index (χ3v) is 4.91. The molecule has 3 rings (SSSR count). The topological polar surface area (TPSA) is 102 Å². The Morgan fingerprint density at radius 2 is 2.19 bits per heavy atom. The van der Waals surface area contributed by atoms with Crippen molar-refractivity contribution in [2.24, 2.45) is 4.99 Å². The number of carbonyl (C=O) groups excluding carboxylic acids is 1. The standard InChI is InChI=1S/C22H29FN6O2/c1-2-24-22(27-12-5-11-26-21(31)16-6-3-7-18(30)14-16)28-17-9-13-29(15-17)20-19(23)8-4-10-25-20/h3-4,6-8,10,14,17,30H,2,5,9,11-13,15H2,1H3,(H,26,31)(H2,24,27,28). The number of guanidine groups is 1. The normalized spacial score (nSPS) is 16.3. The molecule has 4 N–H and O–H groups in total. The first-order chi connectivity index (χ1) is 15.1. The van der Waals surface area contributed by atoms with Crippen molar-refractivity contribution < 1.29 is 14.3 Å². The van der Waals surface area contributed by atoms with E-state index in [-0.39, 0.29) is 23.5 Å². The molecule has 1 fully saturated rings. The van der Waals surface area contributed by atoms with Gasteiger partial charge in [-0.1, -0.05) is 6.07 Å². The fourth-order valence-electron chi connectivity index (χ4n) is 3.41. The Balaban J connectivity index is 1.44. The fraction of sp³-hybridized carbons (Fsp3) is 0.409. The summed E-state index contributed by atoms with van der Waals surface area (Å²) in [6, 6.07) is 9.40. The molecule has 8 nitrogen and oxygen atoms in total. The summed E-state index contributed by atoms with van der Waals surface area (Å²) in [7, 11) is 0. The maximum Gasteiger partial charge on any atom is 0.251 e. The molecule has 0 radical (unpaired) electrons. The minimum absolute atomic E-state index is 0.0647. The van der Waals surface area contributed by atoms with Crippen LogP contribution in [0.15, 0.2) is 47.6 Å². The van der Waals surface area contributed by atoms with Crippen molar-refractivity contribution in [2.45, 2.75) is 25.8 Å². The van der Waals surface area contributed by atoms with Gasteiger partial charge in [-0.15, -0.1) is 0 Å². The summed E-state index contributed by atoms with van der Waals surface area (Å²) in [6.45, 7) is 5.13. The second-order valence-electron chi connectivity index (χ2n) is 7.31. The zero-order chi connectivity index (χ0) is 22.1. The molecule has 2 aromatic rings. The van der Waals surface area contributed by atoms with E-state index in [2.05, 4.69) is 25.9 Å². The molecule has 1 atom stereocenters. The molecule has 0 aliphatic carbocycles. The number of rotatable bonds is 8. The summed E-state index contributed by atoms with van der Waals surface area (Å²) in [6.07, 6.45) is 3.14. The lowest BCUT2D eigenvalue weighted by atomic mass is 10.2. The van der Waals surface area contributed by atoms with Gasteiger partial charge in [0, 0.05) is 50.5 Å². The van der Waals surface area contributed by atoms with Crippen molar-refractivity contribution >= 4 is 17.7 Å². The molecule has 1 aromatic carbocycles. The van der Waals surface area contributed by atoms with Crippen molar-refractivity contribution in [3.8, 4) is 5.75 Å². The first-order valence-corrected chi connectivity index (χ1v) is 10.5. The lowest BCUT2D eigenvalue weighted by molar-refractivity contribution is 0.0953. The van der Waals surface area contributed by atoms with Crippen LogP contribution in [0.1, 0.15) is 30.1 Å². The van der Waals surface area contributed by atoms with Crippen LogP contribution >= 0.6 is 0 Å². The molecule has 0 spiro atoms. The number of nitrogens with zero attached hydrogens (tertiary/aromatic N) is 3. The van der Waals surface area contributed by atoms with E-state index < -0.39 is 0 Å². The van der Waals surface area contributed by atoms with E-state index in [0.717, 1.165) is 19.5 Å². The lowest BCUT2D eigenvalue weighted by Gasteiger charge is -2.20. The van der Waals surface area contributed by atoms with Gasteiger partial charge in [-0.05, 0) is 50.1 Å². The van der Waals surface area contributed by atoms with Gasteiger partial charge >= 0.3 is 0 Å². The van der Waals surface area contributed by atoms with Gasteiger partial charge in [-0.3, -0.25) is 9.79 Å². The number of aromatic nitrogens is 1. The van der Waals surface area contributed by atoms with Gasteiger partial charge in [0.25, 0.3) is 5.91 Å². The zero-order valence-corrected chi connectivity index (χ0v) is 17.6. The monoisotopic (exact) mass is 428 g/mol. The average molecular weight is 429 g/mol. The number of nitrogens with one attached hydrogen (secondary N) is 3. The Hall–Kier alpha value is -3.36. The van der Waals surface area contributed by atoms with Gasteiger partial charge in [-0.25, -0.2) is 9.37 Å². The van der Waals surface area contributed by atoms with E-state index in [4.69, 9.17) is 0 Å². The van der Waals surface area contributed by atoms with Crippen molar-refractivity contribution in [3.05, 3.63) is 54.0 Å². The van der Waals surface area contributed by atoms with Crippen molar-refractivity contribution in [2.75, 3.05) is 37.6 Å². The molecule has 31 heavy (non-hydrogen) atoms. The quantitative estimate of drug-likeness (QED) is 0.291. The molecule has 1 aliphatic heterocycles. The molecule has 1 aliphatic rings. The largest absolute Gasteiger partial charge is 0.508 e. The van der Waals surface area contributed by atoms with Crippen LogP contribution in [0, 0.1) is 5.82 Å². The summed E-state index contributed by atoms with van der Waals surface area (Å²) in [5.41, 5.74) is 0.425. The maximum absolute atomic E-state index is 14.0. The van der Waals surface area contributed by atoms with E-state index in [9.17, 15) is 14.3 Å². The Morgan fingerprint density at radius 1 is 1.32 bits per heavy atom. The van der Waals surface area contributed by atoms with Crippen LogP contribution < -0.4 is 20.9 Å². The third kappa shape index (κ3) is 6.56. The summed E-state index contributed by atoms with van der Waals surface area (Å²) >= 11 is 0. The molecule has 1 amide bonds. The molecule has 1 unspecified atom stereocenters. The number of phenolic OH excluding ortho intramolecular Hbond substituents is 1. The molecular weight excluding hydrogens is 399 g/mol. The van der Waals surface area contributed by atoms with Crippen LogP contribution in [0.4, 0.5) is 10.2 Å². The highest BCUT2D eigenvalue weighted by atomic mass is 19.1. The third-order valence-electron chi connectivity index (χ3n) is 4.91. The van der Waals surface area contributed by atoms with E-state index in [1.165, 1.54) is 18.2 Å². The van der Waals surface area contributed by atoms with E-state index >= 15 is 0 Å². The lowest BCUT2D eigenvalue weighted by Crippen LogP contribution is -2.44. The Morgan fingerprint density at radius 3 is 2.97 bits per heavy atom. The van der Waals surface area contributed by atoms with Gasteiger partial charge in [0.05, 0.1) is 0 Å². The van der Waals surface area contributed by atoms with Gasteiger partial charge in [0.1, 0.15) is 5.75 Å². The van der Waals surface area contributed by atoms with Crippen LogP contribution in [0.2, 0.25) is 0 Å². The minimum Gasteiger partial charge on any atom is -0.508 e. The van der Waals surface area contributed by atoms with Crippen LogP contribution in [-0.2, 0) is 0 Å². The molecule has 0 saturated carbocycles. The van der Waals surface area contributed by atoms with E-state index in [0.29, 0.717) is 43.4 Å². The Kier molecular flexibility index (Phi) is 8.03. The number of pyridine rings is 1. The Labute approximate surface area is 181 Å². The second-order valence-corrected chi connectivity index (χ2v) is 7.31. The summed E-state index contributed by atoms with van der Waals surface area (Å²) in [5.74, 6) is 0.621. The van der Waals surface area contributed by atoms with Crippen LogP contribution in [0.25, 0.3) is 0 Å². The number of carbonyl (C=O) groups is 1. The number of amides is 1.